The van der Waals surface area contributed by atoms with Crippen molar-refractivity contribution in [1.29, 1.82) is 5.26 Å². The van der Waals surface area contributed by atoms with Crippen LogP contribution in [0.1, 0.15) is 35.8 Å². The van der Waals surface area contributed by atoms with Gasteiger partial charge in [0.05, 0.1) is 29.0 Å². The topological polar surface area (TPSA) is 152 Å². The van der Waals surface area contributed by atoms with Crippen molar-refractivity contribution in [2.75, 3.05) is 45.2 Å². The molecule has 200 valence electrons. The molecule has 0 saturated carbocycles. The Morgan fingerprint density at radius 3 is 2.41 bits per heavy atom. The Balaban J connectivity index is 0.000000479. The van der Waals surface area contributed by atoms with E-state index in [1.165, 1.54) is 6.20 Å². The van der Waals surface area contributed by atoms with Crippen molar-refractivity contribution in [2.24, 2.45) is 0 Å². The highest BCUT2D eigenvalue weighted by Crippen LogP contribution is 2.33. The van der Waals surface area contributed by atoms with Gasteiger partial charge in [0.15, 0.2) is 0 Å². The molecule has 0 bridgehead atoms. The van der Waals surface area contributed by atoms with E-state index in [0.29, 0.717) is 29.7 Å². The molecule has 0 aromatic carbocycles. The number of nitrogens with one attached hydrogen (secondary N) is 2. The molecule has 0 aliphatic carbocycles. The van der Waals surface area contributed by atoms with E-state index in [9.17, 15) is 28.0 Å². The van der Waals surface area contributed by atoms with Crippen molar-refractivity contribution in [3.05, 3.63) is 33.9 Å². The first-order valence-corrected chi connectivity index (χ1v) is 11.3. The fourth-order valence-electron chi connectivity index (χ4n) is 4.19. The second kappa shape index (κ2) is 10.7. The van der Waals surface area contributed by atoms with Gasteiger partial charge in [-0.2, -0.15) is 18.4 Å². The van der Waals surface area contributed by atoms with E-state index in [0.717, 1.165) is 25.9 Å². The zero-order chi connectivity index (χ0) is 27.5. The summed E-state index contributed by atoms with van der Waals surface area (Å²) in [6.07, 6.45) is -2.04. The van der Waals surface area contributed by atoms with Crippen molar-refractivity contribution in [3.8, 4) is 6.07 Å². The number of anilines is 1. The van der Waals surface area contributed by atoms with E-state index in [-0.39, 0.29) is 28.8 Å². The van der Waals surface area contributed by atoms with Gasteiger partial charge in [-0.25, -0.2) is 9.78 Å². The van der Waals surface area contributed by atoms with E-state index in [2.05, 4.69) is 27.1 Å². The number of likely N-dealkylation sites (N-methyl/N-ethyl adjacent to an activating group) is 1. The van der Waals surface area contributed by atoms with Crippen LogP contribution in [0.2, 0.25) is 0 Å². The molecule has 0 radical (unpaired) electrons. The number of pyridine rings is 2. The molecule has 0 unspecified atom stereocenters. The Morgan fingerprint density at radius 2 is 1.92 bits per heavy atom. The number of rotatable bonds is 4. The number of halogens is 3. The van der Waals surface area contributed by atoms with Crippen LogP contribution >= 0.6 is 0 Å². The number of carbonyl (C=O) groups excluding carboxylic acids is 1. The number of likely N-dealkylation sites (tertiary alicyclic amines) is 1. The van der Waals surface area contributed by atoms with Gasteiger partial charge in [0.25, 0.3) is 11.5 Å². The van der Waals surface area contributed by atoms with Gasteiger partial charge < -0.3 is 29.9 Å². The van der Waals surface area contributed by atoms with Crippen molar-refractivity contribution in [2.45, 2.75) is 37.6 Å². The SMILES string of the molecule is COC1(C)CCN(c2c(C#N)c(=O)[nH]c3cnc(C(=O)NC4CN(C)C4)cc23)CC1.O=C(O)C(F)(F)F. The lowest BCUT2D eigenvalue weighted by Gasteiger charge is -2.40. The van der Waals surface area contributed by atoms with E-state index in [1.807, 2.05) is 18.0 Å². The molecule has 0 atom stereocenters. The number of aromatic nitrogens is 2. The number of methoxy groups -OCH3 is 1. The summed E-state index contributed by atoms with van der Waals surface area (Å²) in [5, 5.41) is 20.4. The minimum absolute atomic E-state index is 0.0571. The average molecular weight is 525 g/mol. The van der Waals surface area contributed by atoms with Crippen molar-refractivity contribution < 1.29 is 32.6 Å². The number of nitriles is 1. The summed E-state index contributed by atoms with van der Waals surface area (Å²) >= 11 is 0. The number of aromatic amines is 1. The van der Waals surface area contributed by atoms with Gasteiger partial charge in [0.1, 0.15) is 17.3 Å². The largest absolute Gasteiger partial charge is 0.490 e. The molecule has 2 aliphatic rings. The number of nitrogens with zero attached hydrogens (tertiary/aromatic N) is 4. The number of aliphatic carboxylic acids is 1. The van der Waals surface area contributed by atoms with E-state index >= 15 is 0 Å². The van der Waals surface area contributed by atoms with Crippen LogP contribution in [0.25, 0.3) is 10.9 Å². The smallest absolute Gasteiger partial charge is 0.475 e. The molecule has 2 fully saturated rings. The number of alkyl halides is 3. The summed E-state index contributed by atoms with van der Waals surface area (Å²) in [6, 6.07) is 3.83. The first-order valence-electron chi connectivity index (χ1n) is 11.3. The quantitative estimate of drug-likeness (QED) is 0.540. The van der Waals surface area contributed by atoms with Crippen molar-refractivity contribution >= 4 is 28.5 Å². The molecule has 0 spiro atoms. The minimum Gasteiger partial charge on any atom is -0.475 e. The molecule has 2 aromatic heterocycles. The molecular weight excluding hydrogens is 497 g/mol. The number of amides is 1. The zero-order valence-electron chi connectivity index (χ0n) is 20.5. The molecule has 14 heteroatoms. The Bertz CT molecular complexity index is 1270. The number of carboxylic acids is 1. The van der Waals surface area contributed by atoms with Crippen LogP contribution in [0.4, 0.5) is 18.9 Å². The number of carboxylic acid groups (broad SMARTS) is 1. The van der Waals surface area contributed by atoms with E-state index < -0.39 is 17.7 Å². The summed E-state index contributed by atoms with van der Waals surface area (Å²) in [5.41, 5.74) is 0.734. The Morgan fingerprint density at radius 1 is 1.32 bits per heavy atom. The van der Waals surface area contributed by atoms with Gasteiger partial charge in [-0.05, 0) is 32.9 Å². The standard InChI is InChI=1S/C21H26N6O3.C2HF3O2/c1-21(30-3)4-6-27(7-5-21)18-14-8-16(20(29)24-13-11-26(2)12-13)23-10-17(14)25-19(28)15(18)9-22;3-2(4,5)1(6)7/h8,10,13H,4-7,11-12H2,1-3H3,(H,24,29)(H,25,28);(H,6,7). The number of carbonyl (C=O) groups is 2. The molecule has 4 heterocycles. The third-order valence-electron chi connectivity index (χ3n) is 6.49. The maximum atomic E-state index is 12.7. The van der Waals surface area contributed by atoms with Crippen LogP contribution in [0.15, 0.2) is 17.1 Å². The monoisotopic (exact) mass is 524 g/mol. The first kappa shape index (κ1) is 27.9. The summed E-state index contributed by atoms with van der Waals surface area (Å²) in [4.78, 5) is 45.2. The summed E-state index contributed by atoms with van der Waals surface area (Å²) in [6.45, 7) is 4.98. The second-order valence-electron chi connectivity index (χ2n) is 9.24. The molecule has 2 saturated heterocycles. The molecular formula is C23H27F3N6O5. The molecule has 1 amide bonds. The van der Waals surface area contributed by atoms with E-state index in [4.69, 9.17) is 14.6 Å². The summed E-state index contributed by atoms with van der Waals surface area (Å²) in [5.74, 6) is -3.01. The van der Waals surface area contributed by atoms with E-state index in [1.54, 1.807) is 13.2 Å². The number of hydrogen-bond donors (Lipinski definition) is 3. The van der Waals surface area contributed by atoms with Crippen molar-refractivity contribution in [1.82, 2.24) is 20.2 Å². The van der Waals surface area contributed by atoms with Gasteiger partial charge >= 0.3 is 12.1 Å². The third-order valence-corrected chi connectivity index (χ3v) is 6.49. The Hall–Kier alpha value is -3.70. The number of piperidine rings is 1. The minimum atomic E-state index is -5.08. The number of hydrogen-bond acceptors (Lipinski definition) is 8. The third kappa shape index (κ3) is 6.36. The summed E-state index contributed by atoms with van der Waals surface area (Å²) < 4.78 is 37.4. The summed E-state index contributed by atoms with van der Waals surface area (Å²) in [7, 11) is 3.70. The lowest BCUT2D eigenvalue weighted by Crippen LogP contribution is -2.57. The first-order chi connectivity index (χ1) is 17.3. The van der Waals surface area contributed by atoms with Gasteiger partial charge in [-0.1, -0.05) is 0 Å². The lowest BCUT2D eigenvalue weighted by molar-refractivity contribution is -0.192. The normalized spacial score (nSPS) is 17.8. The van der Waals surface area contributed by atoms with Gasteiger partial charge in [0, 0.05) is 38.7 Å². The van der Waals surface area contributed by atoms with Crippen LogP contribution in [0.5, 0.6) is 0 Å². The average Bonchev–Trinajstić information content (AvgIpc) is 2.82. The highest BCUT2D eigenvalue weighted by atomic mass is 19.4. The predicted octanol–water partition coefficient (Wildman–Crippen LogP) is 1.48. The highest BCUT2D eigenvalue weighted by Gasteiger charge is 2.38. The molecule has 37 heavy (non-hydrogen) atoms. The highest BCUT2D eigenvalue weighted by molar-refractivity contribution is 6.00. The maximum Gasteiger partial charge on any atom is 0.490 e. The fourth-order valence-corrected chi connectivity index (χ4v) is 4.19. The number of ether oxygens (including phenoxy) is 1. The van der Waals surface area contributed by atoms with Gasteiger partial charge in [-0.3, -0.25) is 9.59 Å². The van der Waals surface area contributed by atoms with Gasteiger partial charge in [-0.15, -0.1) is 0 Å². The van der Waals surface area contributed by atoms with Crippen LogP contribution in [-0.4, -0.2) is 90.0 Å². The zero-order valence-corrected chi connectivity index (χ0v) is 20.5. The van der Waals surface area contributed by atoms with Gasteiger partial charge in [0.2, 0.25) is 0 Å². The van der Waals surface area contributed by atoms with Crippen LogP contribution in [-0.2, 0) is 9.53 Å². The molecule has 4 rings (SSSR count). The molecule has 2 aromatic rings. The second-order valence-corrected chi connectivity index (χ2v) is 9.24. The molecule has 2 aliphatic heterocycles. The fraction of sp³-hybridized carbons (Fsp3) is 0.522. The van der Waals surface area contributed by atoms with Crippen LogP contribution < -0.4 is 15.8 Å². The van der Waals surface area contributed by atoms with Crippen LogP contribution in [0, 0.1) is 11.3 Å². The lowest BCUT2D eigenvalue weighted by atomic mass is 9.92. The molecule has 11 nitrogen and oxygen atoms in total. The Labute approximate surface area is 209 Å². The molecule has 3 N–H and O–H groups in total. The predicted molar refractivity (Wildman–Crippen MR) is 126 cm³/mol. The number of H-pyrrole nitrogens is 1. The van der Waals surface area contributed by atoms with Crippen LogP contribution in [0.3, 0.4) is 0 Å². The number of fused-ring (bicyclic) bond motifs is 1. The Kier molecular flexibility index (Phi) is 8.09. The van der Waals surface area contributed by atoms with Crippen molar-refractivity contribution in [3.63, 3.8) is 0 Å². The maximum absolute atomic E-state index is 12.7.